The van der Waals surface area contributed by atoms with Gasteiger partial charge in [0.15, 0.2) is 0 Å². The van der Waals surface area contributed by atoms with E-state index in [0.29, 0.717) is 16.9 Å². The molecule has 2 fully saturated rings. The molecule has 0 saturated heterocycles. The molecule has 110 valence electrons. The number of hydrogen-bond acceptors (Lipinski definition) is 2. The van der Waals surface area contributed by atoms with Crippen LogP contribution in [-0.2, 0) is 6.54 Å². The number of nitrogens with zero attached hydrogens (tertiary/aromatic N) is 1. The third-order valence-electron chi connectivity index (χ3n) is 6.19. The van der Waals surface area contributed by atoms with Crippen molar-refractivity contribution in [1.82, 2.24) is 10.3 Å². The molecule has 1 aromatic rings. The third-order valence-corrected chi connectivity index (χ3v) is 7.31. The lowest BCUT2D eigenvalue weighted by atomic mass is 9.69. The van der Waals surface area contributed by atoms with Crippen molar-refractivity contribution in [2.75, 3.05) is 0 Å². The van der Waals surface area contributed by atoms with E-state index in [4.69, 9.17) is 0 Å². The average molecular weight is 402 g/mol. The summed E-state index contributed by atoms with van der Waals surface area (Å²) in [6.07, 6.45) is 5.95. The fourth-order valence-corrected chi connectivity index (χ4v) is 5.43. The number of rotatable bonds is 3. The van der Waals surface area contributed by atoms with Crippen molar-refractivity contribution in [3.8, 4) is 0 Å². The topological polar surface area (TPSA) is 24.9 Å². The molecule has 0 spiro atoms. The number of aromatic nitrogens is 1. The van der Waals surface area contributed by atoms with Gasteiger partial charge >= 0.3 is 0 Å². The lowest BCUT2D eigenvalue weighted by Crippen LogP contribution is -2.44. The summed E-state index contributed by atoms with van der Waals surface area (Å²) in [7, 11) is 0. The quantitative estimate of drug-likeness (QED) is 0.777. The van der Waals surface area contributed by atoms with Gasteiger partial charge < -0.3 is 5.32 Å². The van der Waals surface area contributed by atoms with Gasteiger partial charge in [-0.05, 0) is 73.9 Å². The van der Waals surface area contributed by atoms with Gasteiger partial charge in [-0.25, -0.2) is 0 Å². The van der Waals surface area contributed by atoms with Gasteiger partial charge in [0.25, 0.3) is 0 Å². The van der Waals surface area contributed by atoms with E-state index >= 15 is 0 Å². The summed E-state index contributed by atoms with van der Waals surface area (Å²) in [4.78, 5) is 4.50. The van der Waals surface area contributed by atoms with Crippen LogP contribution in [0.2, 0.25) is 0 Å². The molecule has 3 atom stereocenters. The van der Waals surface area contributed by atoms with E-state index in [2.05, 4.69) is 69.0 Å². The van der Waals surface area contributed by atoms with E-state index < -0.39 is 0 Å². The second kappa shape index (κ2) is 5.06. The molecule has 3 unspecified atom stereocenters. The van der Waals surface area contributed by atoms with Gasteiger partial charge in [0, 0.05) is 27.7 Å². The van der Waals surface area contributed by atoms with Gasteiger partial charge in [-0.2, -0.15) is 0 Å². The predicted molar refractivity (Wildman–Crippen MR) is 89.5 cm³/mol. The Hall–Kier alpha value is 0.0700. The van der Waals surface area contributed by atoms with Gasteiger partial charge in [-0.3, -0.25) is 4.98 Å². The summed E-state index contributed by atoms with van der Waals surface area (Å²) in [5.74, 6) is 0.881. The summed E-state index contributed by atoms with van der Waals surface area (Å²) >= 11 is 7.05. The second-order valence-corrected chi connectivity index (χ2v) is 8.90. The minimum atomic E-state index is 0.430. The maximum atomic E-state index is 4.50. The van der Waals surface area contributed by atoms with E-state index in [1.807, 2.05) is 6.20 Å². The molecule has 0 aliphatic heterocycles. The summed E-state index contributed by atoms with van der Waals surface area (Å²) in [5, 5.41) is 3.78. The lowest BCUT2D eigenvalue weighted by molar-refractivity contribution is 0.120. The molecule has 1 aromatic heterocycles. The van der Waals surface area contributed by atoms with Crippen molar-refractivity contribution < 1.29 is 0 Å². The first kappa shape index (κ1) is 15.0. The van der Waals surface area contributed by atoms with Crippen LogP contribution in [0.3, 0.4) is 0 Å². The Labute approximate surface area is 138 Å². The summed E-state index contributed by atoms with van der Waals surface area (Å²) < 4.78 is 2.09. The molecule has 2 nitrogen and oxygen atoms in total. The Kier molecular flexibility index (Phi) is 3.79. The molecule has 3 rings (SSSR count). The highest BCUT2D eigenvalue weighted by Gasteiger charge is 2.60. The van der Waals surface area contributed by atoms with E-state index in [-0.39, 0.29) is 0 Å². The summed E-state index contributed by atoms with van der Waals surface area (Å²) in [5.41, 5.74) is 1.99. The first-order chi connectivity index (χ1) is 9.34. The number of halogens is 2. The minimum absolute atomic E-state index is 0.430. The van der Waals surface area contributed by atoms with Crippen LogP contribution in [0.25, 0.3) is 0 Å². The van der Waals surface area contributed by atoms with Gasteiger partial charge in [0.1, 0.15) is 0 Å². The molecule has 0 amide bonds. The zero-order valence-corrected chi connectivity index (χ0v) is 15.5. The van der Waals surface area contributed by atoms with Crippen molar-refractivity contribution in [3.63, 3.8) is 0 Å². The fourth-order valence-electron chi connectivity index (χ4n) is 4.31. The van der Waals surface area contributed by atoms with Crippen molar-refractivity contribution in [2.24, 2.45) is 16.7 Å². The van der Waals surface area contributed by atoms with Crippen molar-refractivity contribution in [3.05, 3.63) is 26.9 Å². The Morgan fingerprint density at radius 3 is 2.65 bits per heavy atom. The number of hydrogen-bond donors (Lipinski definition) is 1. The molecular formula is C16H22Br2N2. The van der Waals surface area contributed by atoms with Crippen LogP contribution in [0.4, 0.5) is 0 Å². The van der Waals surface area contributed by atoms with Crippen LogP contribution in [-0.4, -0.2) is 11.0 Å². The first-order valence-electron chi connectivity index (χ1n) is 7.38. The molecule has 2 bridgehead atoms. The highest BCUT2D eigenvalue weighted by Crippen LogP contribution is 2.65. The number of nitrogens with one attached hydrogen (secondary N) is 1. The third kappa shape index (κ3) is 2.19. The first-order valence-corrected chi connectivity index (χ1v) is 8.96. The van der Waals surface area contributed by atoms with Crippen LogP contribution in [0.5, 0.6) is 0 Å². The van der Waals surface area contributed by atoms with Crippen LogP contribution in [0, 0.1) is 16.7 Å². The SMILES string of the molecule is CC1(C)C2CCC1(C)C(NCc1ncc(Br)cc1Br)C2. The molecule has 20 heavy (non-hydrogen) atoms. The van der Waals surface area contributed by atoms with Crippen LogP contribution in [0.1, 0.15) is 45.7 Å². The van der Waals surface area contributed by atoms with Crippen molar-refractivity contribution in [2.45, 2.75) is 52.6 Å². The Balaban J connectivity index is 1.71. The molecule has 1 N–H and O–H groups in total. The van der Waals surface area contributed by atoms with Gasteiger partial charge in [-0.1, -0.05) is 20.8 Å². The van der Waals surface area contributed by atoms with E-state index in [9.17, 15) is 0 Å². The summed E-state index contributed by atoms with van der Waals surface area (Å²) in [6.45, 7) is 8.24. The molecule has 2 saturated carbocycles. The number of fused-ring (bicyclic) bond motifs is 2. The van der Waals surface area contributed by atoms with Crippen LogP contribution >= 0.6 is 31.9 Å². The van der Waals surface area contributed by atoms with E-state index in [1.165, 1.54) is 19.3 Å². The van der Waals surface area contributed by atoms with Gasteiger partial charge in [0.2, 0.25) is 0 Å². The average Bonchev–Trinajstić information content (AvgIpc) is 2.70. The maximum absolute atomic E-state index is 4.50. The fraction of sp³-hybridized carbons (Fsp3) is 0.688. The zero-order valence-electron chi connectivity index (χ0n) is 12.3. The minimum Gasteiger partial charge on any atom is -0.308 e. The molecular weight excluding hydrogens is 380 g/mol. The Bertz CT molecular complexity index is 529. The smallest absolute Gasteiger partial charge is 0.0684 e. The monoisotopic (exact) mass is 400 g/mol. The molecule has 0 aromatic carbocycles. The normalized spacial score (nSPS) is 34.6. The van der Waals surface area contributed by atoms with E-state index in [0.717, 1.165) is 27.1 Å². The van der Waals surface area contributed by atoms with Gasteiger partial charge in [-0.15, -0.1) is 0 Å². The van der Waals surface area contributed by atoms with Gasteiger partial charge in [0.05, 0.1) is 5.69 Å². The highest BCUT2D eigenvalue weighted by molar-refractivity contribution is 9.11. The van der Waals surface area contributed by atoms with Crippen molar-refractivity contribution in [1.29, 1.82) is 0 Å². The predicted octanol–water partition coefficient (Wildman–Crippen LogP) is 4.91. The maximum Gasteiger partial charge on any atom is 0.0684 e. The Morgan fingerprint density at radius 2 is 2.10 bits per heavy atom. The van der Waals surface area contributed by atoms with Crippen molar-refractivity contribution >= 4 is 31.9 Å². The summed E-state index contributed by atoms with van der Waals surface area (Å²) in [6, 6.07) is 2.69. The number of pyridine rings is 1. The Morgan fingerprint density at radius 1 is 1.35 bits per heavy atom. The second-order valence-electron chi connectivity index (χ2n) is 7.13. The van der Waals surface area contributed by atoms with Crippen LogP contribution in [0.15, 0.2) is 21.2 Å². The molecule has 0 radical (unpaired) electrons. The van der Waals surface area contributed by atoms with Crippen LogP contribution < -0.4 is 5.32 Å². The highest BCUT2D eigenvalue weighted by atomic mass is 79.9. The standard InChI is InChI=1S/C16H22Br2N2/c1-15(2)10-4-5-16(15,3)14(6-10)20-9-13-12(18)7-11(17)8-19-13/h7-8,10,14,20H,4-6,9H2,1-3H3. The molecule has 4 heteroatoms. The zero-order chi connectivity index (χ0) is 14.5. The molecule has 1 heterocycles. The molecule has 2 aliphatic rings. The lowest BCUT2D eigenvalue weighted by Gasteiger charge is -2.39. The largest absolute Gasteiger partial charge is 0.308 e. The van der Waals surface area contributed by atoms with E-state index in [1.54, 1.807) is 0 Å². The molecule has 2 aliphatic carbocycles.